The summed E-state index contributed by atoms with van der Waals surface area (Å²) >= 11 is 1.86. The monoisotopic (exact) mass is 1780 g/mol. The first kappa shape index (κ1) is 78.3. The number of furan rings is 5. The van der Waals surface area contributed by atoms with Crippen LogP contribution in [0.15, 0.2) is 467 Å². The van der Waals surface area contributed by atoms with Crippen LogP contribution in [0, 0.1) is 0 Å². The summed E-state index contributed by atoms with van der Waals surface area (Å²) < 4.78 is 42.3. The van der Waals surface area contributed by atoms with Gasteiger partial charge >= 0.3 is 0 Å². The first-order valence-corrected chi connectivity index (χ1v) is 46.1. The summed E-state index contributed by atoms with van der Waals surface area (Å²) in [5.41, 5.74) is 22.9. The molecule has 0 atom stereocenters. The van der Waals surface area contributed by atoms with Gasteiger partial charge in [0.15, 0.2) is 5.82 Å². The molecule has 0 bridgehead atoms. The number of nitrogens with zero attached hydrogens (tertiary/aromatic N) is 11. The molecule has 0 N–H and O–H groups in total. The molecule has 16 aromatic heterocycles. The second kappa shape index (κ2) is 32.2. The summed E-state index contributed by atoms with van der Waals surface area (Å²) in [4.78, 5) is 28.0. The van der Waals surface area contributed by atoms with Crippen molar-refractivity contribution in [1.29, 1.82) is 0 Å². The Morgan fingerprint density at radius 1 is 0.212 bits per heavy atom. The normalized spacial score (nSPS) is 11.8. The van der Waals surface area contributed by atoms with E-state index in [2.05, 4.69) is 299 Å². The van der Waals surface area contributed by atoms with Gasteiger partial charge in [-0.2, -0.15) is 0 Å². The Hall–Kier alpha value is -18.6. The fourth-order valence-corrected chi connectivity index (χ4v) is 21.4. The maximum absolute atomic E-state index is 5.74. The lowest BCUT2D eigenvalue weighted by Gasteiger charge is -2.10. The van der Waals surface area contributed by atoms with Gasteiger partial charge in [0.2, 0.25) is 0 Å². The number of thiophene rings is 1. The molecule has 0 saturated heterocycles. The van der Waals surface area contributed by atoms with Gasteiger partial charge in [-0.25, -0.2) is 15.0 Å². The summed E-state index contributed by atoms with van der Waals surface area (Å²) in [5.74, 6) is 2.58. The smallest absolute Gasteiger partial charge is 0.156 e. The average molecular weight is 1780 g/mol. The Morgan fingerprint density at radius 3 is 1.13 bits per heavy atom. The van der Waals surface area contributed by atoms with Crippen LogP contribution in [0.2, 0.25) is 0 Å². The highest BCUT2D eigenvalue weighted by Crippen LogP contribution is 2.45. The second-order valence-corrected chi connectivity index (χ2v) is 35.2. The van der Waals surface area contributed by atoms with E-state index in [-0.39, 0.29) is 0 Å². The Balaban J connectivity index is 0.0000000866. The standard InChI is InChI=1S/C26H15NOS.2C24H15N3O.2C23H14N2O/c1-3-9-21-17(6-1)20-14-16-12-13-28-24(16)15-23(20)27(21)22-10-5-8-19-18-7-2-4-11-25(18)29-26(19)22;1-2-8-21-18(6-1)19-13-16-10-12-28-23(16)14-22(19)27(21)24-9-3-7-20(26-24)17-5-4-11-25-15-17;1-2-6-16(7-3-1)20-14-26-24(15-25-20)27-21-9-5-4-8-18(21)19-12-17-10-11-28-23(17)13-22(19)27;1-3-7-19-15(5-1)9-10-23(24-19)25-20-8-4-2-6-17(20)18-13-16-11-12-26-22(16)14-21(18)25;1-2-6-17-16(5-1)13-24-14-22(17)25-20-8-4-3-7-18(20)19-11-15-9-10-26-23(15)12-21(19)25/h1-15H;2*1-15H;2*1-14H. The Morgan fingerprint density at radius 2 is 0.628 bits per heavy atom. The molecule has 31 rings (SSSR count). The summed E-state index contributed by atoms with van der Waals surface area (Å²) in [5, 5.41) is 23.9. The molecule has 0 aliphatic carbocycles. The van der Waals surface area contributed by atoms with Gasteiger partial charge in [0, 0.05) is 172 Å². The van der Waals surface area contributed by atoms with Crippen LogP contribution in [0.3, 0.4) is 0 Å². The predicted octanol–water partition coefficient (Wildman–Crippen LogP) is 32.0. The van der Waals surface area contributed by atoms with Crippen molar-refractivity contribution < 1.29 is 22.1 Å². The van der Waals surface area contributed by atoms with Crippen LogP contribution in [0.4, 0.5) is 0 Å². The molecule has 15 aromatic carbocycles. The van der Waals surface area contributed by atoms with Crippen LogP contribution in [0.25, 0.3) is 257 Å². The van der Waals surface area contributed by atoms with Crippen molar-refractivity contribution in [3.8, 4) is 51.3 Å². The van der Waals surface area contributed by atoms with E-state index in [0.717, 1.165) is 155 Å². The van der Waals surface area contributed by atoms with Crippen LogP contribution in [-0.2, 0) is 0 Å². The number of benzene rings is 15. The lowest BCUT2D eigenvalue weighted by atomic mass is 10.1. The molecule has 17 heteroatoms. The number of rotatable bonds is 7. The molecule has 0 radical (unpaired) electrons. The lowest BCUT2D eigenvalue weighted by Crippen LogP contribution is -1.99. The molecule has 16 nitrogen and oxygen atoms in total. The van der Waals surface area contributed by atoms with Crippen molar-refractivity contribution >= 4 is 217 Å². The molecule has 31 aromatic rings. The number of hydrogen-bond donors (Lipinski definition) is 0. The van der Waals surface area contributed by atoms with E-state index in [0.29, 0.717) is 0 Å². The van der Waals surface area contributed by atoms with Crippen molar-refractivity contribution in [2.75, 3.05) is 0 Å². The minimum Gasteiger partial charge on any atom is -0.464 e. The molecule has 137 heavy (non-hydrogen) atoms. The highest BCUT2D eigenvalue weighted by Gasteiger charge is 2.24. The molecule has 0 saturated carbocycles. The van der Waals surface area contributed by atoms with E-state index >= 15 is 0 Å². The summed E-state index contributed by atoms with van der Waals surface area (Å²) in [6.07, 6.45) is 19.8. The highest BCUT2D eigenvalue weighted by molar-refractivity contribution is 7.26. The van der Waals surface area contributed by atoms with E-state index in [1.54, 1.807) is 37.5 Å². The number of pyridine rings is 4. The van der Waals surface area contributed by atoms with Gasteiger partial charge < -0.3 is 31.2 Å². The number of hydrogen-bond acceptors (Lipinski definition) is 12. The highest BCUT2D eigenvalue weighted by atomic mass is 32.1. The minimum atomic E-state index is 0.789. The third-order valence-corrected chi connectivity index (χ3v) is 27.6. The topological polar surface area (TPSA) is 168 Å². The van der Waals surface area contributed by atoms with Crippen LogP contribution in [0.5, 0.6) is 0 Å². The molecule has 0 aliphatic heterocycles. The molecule has 0 spiro atoms. The zero-order valence-electron chi connectivity index (χ0n) is 73.0. The fourth-order valence-electron chi connectivity index (χ4n) is 20.2. The van der Waals surface area contributed by atoms with Crippen LogP contribution < -0.4 is 0 Å². The van der Waals surface area contributed by atoms with E-state index in [1.165, 1.54) is 102 Å². The zero-order chi connectivity index (χ0) is 90.1. The molecular weight excluding hydrogens is 1710 g/mol. The van der Waals surface area contributed by atoms with Crippen molar-refractivity contribution in [2.24, 2.45) is 0 Å². The SMILES string of the molecule is c1ccc(-c2cnc(-n3c4ccccc4c4cc5ccoc5cc43)cn2)cc1.c1ccc2c(-n3c4ccccc4c4cc5ccoc5cc43)cncc2c1.c1ccc2c(c1)sc1c(-n3c4ccccc4c4cc5ccoc5cc43)cccc12.c1ccc2nc(-n3c4ccccc4c4cc5ccoc5cc43)ccc2c1.c1cncc(-c2cccc(-n3c4ccccc4c4cc5ccoc5cc43)n2)c1. The van der Waals surface area contributed by atoms with E-state index < -0.39 is 0 Å². The van der Waals surface area contributed by atoms with Gasteiger partial charge in [-0.15, -0.1) is 11.3 Å². The first-order chi connectivity index (χ1) is 67.9. The maximum Gasteiger partial charge on any atom is 0.156 e. The van der Waals surface area contributed by atoms with Crippen LogP contribution in [-0.4, -0.2) is 52.7 Å². The largest absolute Gasteiger partial charge is 0.464 e. The quantitative estimate of drug-likeness (QED) is 0.149. The maximum atomic E-state index is 5.74. The Labute approximate surface area is 782 Å². The van der Waals surface area contributed by atoms with Crippen LogP contribution in [0.1, 0.15) is 0 Å². The van der Waals surface area contributed by atoms with Crippen molar-refractivity contribution in [2.45, 2.75) is 0 Å². The van der Waals surface area contributed by atoms with Gasteiger partial charge in [-0.1, -0.05) is 200 Å². The van der Waals surface area contributed by atoms with E-state index in [9.17, 15) is 0 Å². The number of aromatic nitrogens is 11. The van der Waals surface area contributed by atoms with Crippen molar-refractivity contribution in [3.63, 3.8) is 0 Å². The molecule has 0 unspecified atom stereocenters. The van der Waals surface area contributed by atoms with E-state index in [4.69, 9.17) is 37.0 Å². The number of fused-ring (bicyclic) bond motifs is 25. The summed E-state index contributed by atoms with van der Waals surface area (Å²) in [6.45, 7) is 0. The van der Waals surface area contributed by atoms with Gasteiger partial charge in [0.25, 0.3) is 0 Å². The van der Waals surface area contributed by atoms with Crippen molar-refractivity contribution in [3.05, 3.63) is 445 Å². The summed E-state index contributed by atoms with van der Waals surface area (Å²) in [6, 6.07) is 130. The fraction of sp³-hybridized carbons (Fsp3) is 0. The third-order valence-electron chi connectivity index (χ3n) is 26.4. The molecule has 0 amide bonds. The molecule has 0 fully saturated rings. The van der Waals surface area contributed by atoms with Crippen LogP contribution >= 0.6 is 11.3 Å². The Kier molecular flexibility index (Phi) is 18.4. The average Bonchev–Trinajstić information content (AvgIpc) is 1.59. The second-order valence-electron chi connectivity index (χ2n) is 34.1. The van der Waals surface area contributed by atoms with Gasteiger partial charge in [0.1, 0.15) is 39.6 Å². The molecule has 16 heterocycles. The molecule has 0 aliphatic rings. The number of para-hydroxylation sites is 6. The van der Waals surface area contributed by atoms with Gasteiger partial charge in [0.05, 0.1) is 138 Å². The Bertz CT molecular complexity index is 10200. The van der Waals surface area contributed by atoms with Crippen molar-refractivity contribution in [1.82, 2.24) is 52.7 Å². The van der Waals surface area contributed by atoms with E-state index in [1.807, 2.05) is 158 Å². The van der Waals surface area contributed by atoms with Gasteiger partial charge in [-0.05, 0) is 146 Å². The molecule has 644 valence electrons. The minimum absolute atomic E-state index is 0.789. The lowest BCUT2D eigenvalue weighted by molar-refractivity contribution is 0.616. The summed E-state index contributed by atoms with van der Waals surface area (Å²) in [7, 11) is 0. The predicted molar refractivity (Wildman–Crippen MR) is 558 cm³/mol. The van der Waals surface area contributed by atoms with Gasteiger partial charge in [-0.3, -0.25) is 28.7 Å². The third kappa shape index (κ3) is 13.2. The molecular formula is C120H73N11O5S. The zero-order valence-corrected chi connectivity index (χ0v) is 73.8. The first-order valence-electron chi connectivity index (χ1n) is 45.3.